The highest BCUT2D eigenvalue weighted by molar-refractivity contribution is 9.10. The van der Waals surface area contributed by atoms with E-state index < -0.39 is 27.6 Å². The van der Waals surface area contributed by atoms with Gasteiger partial charge in [0.1, 0.15) is 0 Å². The molecule has 0 bridgehead atoms. The average molecular weight is 551 g/mol. The van der Waals surface area contributed by atoms with Gasteiger partial charge in [-0.1, -0.05) is 35.0 Å². The molecular formula is C21H22BrF3N2O5S. The van der Waals surface area contributed by atoms with E-state index >= 15 is 0 Å². The van der Waals surface area contributed by atoms with Gasteiger partial charge in [-0.15, -0.1) is 0 Å². The maximum absolute atomic E-state index is 12.4. The van der Waals surface area contributed by atoms with E-state index in [0.29, 0.717) is 12.2 Å². The summed E-state index contributed by atoms with van der Waals surface area (Å²) < 4.78 is 60.0. The Morgan fingerprint density at radius 1 is 1.06 bits per heavy atom. The van der Waals surface area contributed by atoms with Crippen LogP contribution >= 0.6 is 15.9 Å². The first-order valence-corrected chi connectivity index (χ1v) is 12.1. The third kappa shape index (κ3) is 7.19. The topological polar surface area (TPSA) is 113 Å². The Kier molecular flexibility index (Phi) is 8.52. The van der Waals surface area contributed by atoms with Gasteiger partial charge < -0.3 is 10.4 Å². The van der Waals surface area contributed by atoms with Crippen molar-refractivity contribution in [1.29, 1.82) is 0 Å². The number of carboxylic acids is 1. The fourth-order valence-corrected chi connectivity index (χ4v) is 4.19. The Morgan fingerprint density at radius 3 is 2.00 bits per heavy atom. The van der Waals surface area contributed by atoms with Crippen LogP contribution in [0.4, 0.5) is 18.9 Å². The molecular weight excluding hydrogens is 529 g/mol. The fraction of sp³-hybridized carbons (Fsp3) is 0.333. The third-order valence-corrected chi connectivity index (χ3v) is 6.70. The van der Waals surface area contributed by atoms with Gasteiger partial charge in [0.2, 0.25) is 5.91 Å². The zero-order valence-corrected chi connectivity index (χ0v) is 19.9. The molecule has 0 unspecified atom stereocenters. The summed E-state index contributed by atoms with van der Waals surface area (Å²) >= 11 is 3.29. The minimum atomic E-state index is -5.08. The number of benzene rings is 2. The highest BCUT2D eigenvalue weighted by Gasteiger charge is 2.50. The maximum Gasteiger partial charge on any atom is 0.490 e. The van der Waals surface area contributed by atoms with Crippen LogP contribution in [0.15, 0.2) is 57.9 Å². The van der Waals surface area contributed by atoms with Crippen molar-refractivity contribution < 1.29 is 36.3 Å². The van der Waals surface area contributed by atoms with E-state index in [9.17, 15) is 26.4 Å². The first-order valence-electron chi connectivity index (χ1n) is 9.79. The van der Waals surface area contributed by atoms with Crippen molar-refractivity contribution in [2.24, 2.45) is 0 Å². The van der Waals surface area contributed by atoms with E-state index in [1.54, 1.807) is 24.3 Å². The Hall–Kier alpha value is -2.60. The van der Waals surface area contributed by atoms with Gasteiger partial charge in [0.05, 0.1) is 10.3 Å². The average Bonchev–Trinajstić information content (AvgIpc) is 3.54. The number of anilines is 1. The lowest BCUT2D eigenvalue weighted by Gasteiger charge is -2.16. The summed E-state index contributed by atoms with van der Waals surface area (Å²) in [6.07, 6.45) is -2.53. The molecule has 0 heterocycles. The molecule has 0 atom stereocenters. The Morgan fingerprint density at radius 2 is 1.58 bits per heavy atom. The summed E-state index contributed by atoms with van der Waals surface area (Å²) in [6.45, 7) is 2.69. The number of amides is 1. The molecule has 1 aliphatic rings. The van der Waals surface area contributed by atoms with E-state index in [4.69, 9.17) is 9.90 Å². The monoisotopic (exact) mass is 550 g/mol. The Bertz CT molecular complexity index is 1080. The van der Waals surface area contributed by atoms with Gasteiger partial charge in [-0.3, -0.25) is 9.52 Å². The van der Waals surface area contributed by atoms with E-state index in [0.717, 1.165) is 29.3 Å². The number of carboxylic acid groups (broad SMARTS) is 1. The van der Waals surface area contributed by atoms with Crippen molar-refractivity contribution >= 4 is 43.5 Å². The molecule has 1 saturated carbocycles. The van der Waals surface area contributed by atoms with Gasteiger partial charge >= 0.3 is 12.1 Å². The van der Waals surface area contributed by atoms with Crippen LogP contribution in [0.3, 0.4) is 0 Å². The first-order chi connectivity index (χ1) is 15.3. The van der Waals surface area contributed by atoms with Crippen LogP contribution < -0.4 is 10.0 Å². The first kappa shape index (κ1) is 26.7. The maximum atomic E-state index is 12.4. The number of carbonyl (C=O) groups excluding carboxylic acids is 1. The predicted molar refractivity (Wildman–Crippen MR) is 119 cm³/mol. The number of hydrogen-bond acceptors (Lipinski definition) is 4. The van der Waals surface area contributed by atoms with E-state index in [1.165, 1.54) is 12.1 Å². The van der Waals surface area contributed by atoms with Gasteiger partial charge in [0, 0.05) is 16.7 Å². The summed E-state index contributed by atoms with van der Waals surface area (Å²) in [7, 11) is -3.64. The van der Waals surface area contributed by atoms with Crippen LogP contribution in [0.25, 0.3) is 0 Å². The number of aliphatic carboxylic acids is 1. The summed E-state index contributed by atoms with van der Waals surface area (Å²) in [5.74, 6) is -2.70. The van der Waals surface area contributed by atoms with E-state index in [-0.39, 0.29) is 10.8 Å². The Balaban J connectivity index is 0.000000479. The predicted octanol–water partition coefficient (Wildman–Crippen LogP) is 4.44. The molecule has 0 radical (unpaired) electrons. The second-order valence-electron chi connectivity index (χ2n) is 7.28. The van der Waals surface area contributed by atoms with Crippen LogP contribution in [-0.2, 0) is 25.0 Å². The molecule has 12 heteroatoms. The number of alkyl halides is 3. The van der Waals surface area contributed by atoms with Gasteiger partial charge in [-0.25, -0.2) is 13.2 Å². The second-order valence-corrected chi connectivity index (χ2v) is 9.88. The lowest BCUT2D eigenvalue weighted by Crippen LogP contribution is -2.35. The minimum Gasteiger partial charge on any atom is -0.475 e. The molecule has 180 valence electrons. The molecule has 0 aliphatic heterocycles. The van der Waals surface area contributed by atoms with Crippen LogP contribution in [0, 0.1) is 0 Å². The standard InChI is InChI=1S/C19H21BrN2O3S.C2HF3O2/c1-2-13-21-18(23)19(11-12-19)14-3-7-16(8-4-14)22-26(24,25)17-9-5-15(20)6-10-17;3-2(4,5)1(6)7/h3-10,22H,2,11-13H2,1H3,(H,21,23);(H,6,7). The van der Waals surface area contributed by atoms with Gasteiger partial charge in [0.25, 0.3) is 10.0 Å². The molecule has 1 fully saturated rings. The minimum absolute atomic E-state index is 0.0579. The SMILES string of the molecule is CCCNC(=O)C1(c2ccc(NS(=O)(=O)c3ccc(Br)cc3)cc2)CC1.O=C(O)C(F)(F)F. The largest absolute Gasteiger partial charge is 0.490 e. The molecule has 33 heavy (non-hydrogen) atoms. The molecule has 0 aromatic heterocycles. The van der Waals surface area contributed by atoms with Gasteiger partial charge in [-0.05, 0) is 61.2 Å². The number of rotatable bonds is 7. The van der Waals surface area contributed by atoms with Crippen molar-refractivity contribution in [2.45, 2.75) is 42.7 Å². The lowest BCUT2D eigenvalue weighted by atomic mass is 9.95. The van der Waals surface area contributed by atoms with Crippen LogP contribution in [0.5, 0.6) is 0 Å². The molecule has 3 rings (SSSR count). The van der Waals surface area contributed by atoms with Crippen molar-refractivity contribution in [1.82, 2.24) is 5.32 Å². The molecule has 7 nitrogen and oxygen atoms in total. The van der Waals surface area contributed by atoms with Crippen LogP contribution in [0.2, 0.25) is 0 Å². The zero-order chi connectivity index (χ0) is 24.9. The fourth-order valence-electron chi connectivity index (χ4n) is 2.86. The van der Waals surface area contributed by atoms with E-state index in [2.05, 4.69) is 26.0 Å². The molecule has 3 N–H and O–H groups in total. The second kappa shape index (κ2) is 10.6. The summed E-state index contributed by atoms with van der Waals surface area (Å²) in [5.41, 5.74) is 0.956. The van der Waals surface area contributed by atoms with Crippen molar-refractivity contribution in [2.75, 3.05) is 11.3 Å². The number of nitrogens with one attached hydrogen (secondary N) is 2. The quantitative estimate of drug-likeness (QED) is 0.471. The third-order valence-electron chi connectivity index (χ3n) is 4.78. The van der Waals surface area contributed by atoms with Crippen molar-refractivity contribution in [3.8, 4) is 0 Å². The van der Waals surface area contributed by atoms with Gasteiger partial charge in [-0.2, -0.15) is 13.2 Å². The molecule has 2 aromatic carbocycles. The molecule has 2 aromatic rings. The van der Waals surface area contributed by atoms with Crippen molar-refractivity contribution in [3.63, 3.8) is 0 Å². The highest BCUT2D eigenvalue weighted by Crippen LogP contribution is 2.48. The van der Waals surface area contributed by atoms with Crippen LogP contribution in [0.1, 0.15) is 31.7 Å². The molecule has 1 amide bonds. The normalized spacial score (nSPS) is 14.5. The molecule has 1 aliphatic carbocycles. The summed E-state index contributed by atoms with van der Waals surface area (Å²) in [6, 6.07) is 13.5. The Labute approximate surface area is 197 Å². The number of hydrogen-bond donors (Lipinski definition) is 3. The molecule has 0 saturated heterocycles. The summed E-state index contributed by atoms with van der Waals surface area (Å²) in [5, 5.41) is 10.1. The summed E-state index contributed by atoms with van der Waals surface area (Å²) in [4.78, 5) is 21.5. The van der Waals surface area contributed by atoms with E-state index in [1.807, 2.05) is 19.1 Å². The smallest absolute Gasteiger partial charge is 0.475 e. The number of carbonyl (C=O) groups is 2. The lowest BCUT2D eigenvalue weighted by molar-refractivity contribution is -0.192. The number of halogens is 4. The zero-order valence-electron chi connectivity index (χ0n) is 17.4. The van der Waals surface area contributed by atoms with Crippen LogP contribution in [-0.4, -0.2) is 38.1 Å². The highest BCUT2D eigenvalue weighted by atomic mass is 79.9. The van der Waals surface area contributed by atoms with Crippen molar-refractivity contribution in [3.05, 3.63) is 58.6 Å². The molecule has 0 spiro atoms. The van der Waals surface area contributed by atoms with Gasteiger partial charge in [0.15, 0.2) is 0 Å². The number of sulfonamides is 1.